The van der Waals surface area contributed by atoms with Crippen LogP contribution in [0.25, 0.3) is 0 Å². The third-order valence-electron chi connectivity index (χ3n) is 5.02. The van der Waals surface area contributed by atoms with E-state index in [0.717, 1.165) is 36.7 Å². The predicted octanol–water partition coefficient (Wildman–Crippen LogP) is 3.50. The van der Waals surface area contributed by atoms with E-state index in [1.54, 1.807) is 6.07 Å². The van der Waals surface area contributed by atoms with E-state index in [4.69, 9.17) is 10.00 Å². The Balaban J connectivity index is 1.55. The molecule has 2 saturated heterocycles. The van der Waals surface area contributed by atoms with E-state index in [1.807, 2.05) is 12.1 Å². The monoisotopic (exact) mass is 352 g/mol. The van der Waals surface area contributed by atoms with Crippen LogP contribution in [0.15, 0.2) is 47.0 Å². The summed E-state index contributed by atoms with van der Waals surface area (Å²) in [4.78, 5) is 9.36. The van der Waals surface area contributed by atoms with Crippen molar-refractivity contribution in [3.05, 3.63) is 58.9 Å². The van der Waals surface area contributed by atoms with Crippen molar-refractivity contribution in [2.75, 3.05) is 13.1 Å². The molecular weight excluding hydrogens is 331 g/mol. The van der Waals surface area contributed by atoms with E-state index in [2.05, 4.69) is 27.8 Å². The second-order valence-corrected chi connectivity index (χ2v) is 6.74. The zero-order valence-corrected chi connectivity index (χ0v) is 14.8. The molecule has 4 rings (SSSR count). The molecule has 0 aromatic heterocycles. The lowest BCUT2D eigenvalue weighted by atomic mass is 10.1. The highest BCUT2D eigenvalue weighted by molar-refractivity contribution is 5.90. The summed E-state index contributed by atoms with van der Waals surface area (Å²) in [6, 6.07) is 6.87. The highest BCUT2D eigenvalue weighted by atomic mass is 19.1. The van der Waals surface area contributed by atoms with Gasteiger partial charge in [0.25, 0.3) is 0 Å². The van der Waals surface area contributed by atoms with E-state index < -0.39 is 5.82 Å². The normalized spacial score (nSPS) is 22.7. The third-order valence-corrected chi connectivity index (χ3v) is 5.02. The van der Waals surface area contributed by atoms with Gasteiger partial charge in [0.05, 0.1) is 5.56 Å². The van der Waals surface area contributed by atoms with E-state index in [0.29, 0.717) is 11.9 Å². The fourth-order valence-electron chi connectivity index (χ4n) is 3.79. The average molecular weight is 352 g/mol. The van der Waals surface area contributed by atoms with Gasteiger partial charge < -0.3 is 14.5 Å². The van der Waals surface area contributed by atoms with Crippen molar-refractivity contribution >= 4 is 5.90 Å². The molecule has 5 nitrogen and oxygen atoms in total. The molecule has 3 aliphatic heterocycles. The number of aliphatic imine (C=N–C) groups is 1. The smallest absolute Gasteiger partial charge is 0.219 e. The number of ether oxygens (including phenoxy) is 1. The van der Waals surface area contributed by atoms with E-state index in [9.17, 15) is 4.39 Å². The van der Waals surface area contributed by atoms with E-state index in [-0.39, 0.29) is 12.2 Å². The largest absolute Gasteiger partial charge is 0.473 e. The Morgan fingerprint density at radius 3 is 3.15 bits per heavy atom. The molecule has 26 heavy (non-hydrogen) atoms. The van der Waals surface area contributed by atoms with Crippen LogP contribution in [-0.2, 0) is 11.3 Å². The molecule has 0 spiro atoms. The zero-order valence-electron chi connectivity index (χ0n) is 14.8. The standard InChI is InChI=1S/C20H21FN4O/c1-2-4-18-23-19(10-20-24-8-3-5-16(24)12-25(18)20)26-13-14-6-7-17(21)15(9-14)11-22/h4,6-7,9-10,16H,2-3,5,8,12-13H2,1H3/b18-4+. The predicted molar refractivity (Wildman–Crippen MR) is 96.2 cm³/mol. The minimum atomic E-state index is -0.511. The summed E-state index contributed by atoms with van der Waals surface area (Å²) in [6.07, 6.45) is 7.46. The number of hydrogen-bond acceptors (Lipinski definition) is 5. The Kier molecular flexibility index (Phi) is 4.37. The van der Waals surface area contributed by atoms with Gasteiger partial charge in [0.2, 0.25) is 5.90 Å². The van der Waals surface area contributed by atoms with Gasteiger partial charge in [0.15, 0.2) is 0 Å². The zero-order chi connectivity index (χ0) is 18.1. The Hall–Kier alpha value is -2.81. The molecule has 0 amide bonds. The maximum absolute atomic E-state index is 13.5. The molecule has 0 radical (unpaired) electrons. The Morgan fingerprint density at radius 2 is 2.35 bits per heavy atom. The highest BCUT2D eigenvalue weighted by Gasteiger charge is 2.40. The number of fused-ring (bicyclic) bond motifs is 3. The molecule has 0 aliphatic carbocycles. The maximum atomic E-state index is 13.5. The average Bonchev–Trinajstić information content (AvgIpc) is 3.23. The summed E-state index contributed by atoms with van der Waals surface area (Å²) in [5.74, 6) is 2.15. The summed E-state index contributed by atoms with van der Waals surface area (Å²) in [7, 11) is 0. The molecule has 134 valence electrons. The van der Waals surface area contributed by atoms with Gasteiger partial charge in [-0.15, -0.1) is 0 Å². The fraction of sp³-hybridized carbons (Fsp3) is 0.400. The molecule has 1 unspecified atom stereocenters. The van der Waals surface area contributed by atoms with Crippen molar-refractivity contribution in [3.63, 3.8) is 0 Å². The second kappa shape index (κ2) is 6.83. The Labute approximate surface area is 152 Å². The van der Waals surface area contributed by atoms with Crippen LogP contribution in [-0.4, -0.2) is 34.8 Å². The Bertz CT molecular complexity index is 852. The van der Waals surface area contributed by atoms with Gasteiger partial charge in [-0.1, -0.05) is 13.0 Å². The van der Waals surface area contributed by atoms with Gasteiger partial charge >= 0.3 is 0 Å². The molecule has 1 aromatic carbocycles. The number of halogens is 1. The number of rotatable bonds is 3. The van der Waals surface area contributed by atoms with Crippen molar-refractivity contribution in [2.24, 2.45) is 4.99 Å². The molecule has 2 fully saturated rings. The lowest BCUT2D eigenvalue weighted by Gasteiger charge is -2.27. The van der Waals surface area contributed by atoms with Crippen LogP contribution in [0.1, 0.15) is 37.3 Å². The van der Waals surface area contributed by atoms with Gasteiger partial charge in [-0.3, -0.25) is 0 Å². The number of nitriles is 1. The number of hydrogen-bond donors (Lipinski definition) is 0. The van der Waals surface area contributed by atoms with Crippen molar-refractivity contribution in [2.45, 2.75) is 38.8 Å². The summed E-state index contributed by atoms with van der Waals surface area (Å²) >= 11 is 0. The lowest BCUT2D eigenvalue weighted by Crippen LogP contribution is -2.27. The summed E-state index contributed by atoms with van der Waals surface area (Å²) in [5, 5.41) is 8.96. The van der Waals surface area contributed by atoms with Gasteiger partial charge in [-0.2, -0.15) is 10.3 Å². The van der Waals surface area contributed by atoms with Crippen LogP contribution < -0.4 is 0 Å². The number of benzene rings is 1. The van der Waals surface area contributed by atoms with Crippen LogP contribution in [0.5, 0.6) is 0 Å². The lowest BCUT2D eigenvalue weighted by molar-refractivity contribution is 0.286. The first kappa shape index (κ1) is 16.6. The van der Waals surface area contributed by atoms with Gasteiger partial charge in [0, 0.05) is 25.2 Å². The molecule has 3 aliphatic rings. The molecule has 0 saturated carbocycles. The van der Waals surface area contributed by atoms with Crippen molar-refractivity contribution in [3.8, 4) is 6.07 Å². The quantitative estimate of drug-likeness (QED) is 0.835. The molecule has 6 heteroatoms. The van der Waals surface area contributed by atoms with Gasteiger partial charge in [0.1, 0.15) is 30.1 Å². The number of nitrogens with zero attached hydrogens (tertiary/aromatic N) is 4. The fourth-order valence-corrected chi connectivity index (χ4v) is 3.79. The van der Waals surface area contributed by atoms with E-state index >= 15 is 0 Å². The molecule has 0 bridgehead atoms. The molecule has 3 heterocycles. The summed E-state index contributed by atoms with van der Waals surface area (Å²) in [6.45, 7) is 4.40. The first-order valence-electron chi connectivity index (χ1n) is 9.05. The summed E-state index contributed by atoms with van der Waals surface area (Å²) < 4.78 is 19.3. The molecular formula is C20H21FN4O. The van der Waals surface area contributed by atoms with Gasteiger partial charge in [-0.05, 0) is 43.0 Å². The first-order valence-corrected chi connectivity index (χ1v) is 9.05. The maximum Gasteiger partial charge on any atom is 0.219 e. The minimum absolute atomic E-state index is 0.0310. The Morgan fingerprint density at radius 1 is 1.46 bits per heavy atom. The van der Waals surface area contributed by atoms with Crippen molar-refractivity contribution in [1.29, 1.82) is 5.26 Å². The third kappa shape index (κ3) is 2.94. The van der Waals surface area contributed by atoms with Crippen LogP contribution in [0.2, 0.25) is 0 Å². The molecule has 1 atom stereocenters. The first-order chi connectivity index (χ1) is 12.7. The molecule has 0 N–H and O–H groups in total. The van der Waals surface area contributed by atoms with E-state index in [1.165, 1.54) is 25.0 Å². The van der Waals surface area contributed by atoms with Crippen LogP contribution in [0.3, 0.4) is 0 Å². The molecule has 1 aromatic rings. The van der Waals surface area contributed by atoms with Gasteiger partial charge in [-0.25, -0.2) is 4.39 Å². The minimum Gasteiger partial charge on any atom is -0.473 e. The van der Waals surface area contributed by atoms with Crippen LogP contribution in [0.4, 0.5) is 4.39 Å². The van der Waals surface area contributed by atoms with Crippen LogP contribution in [0, 0.1) is 17.1 Å². The topological polar surface area (TPSA) is 51.9 Å². The second-order valence-electron chi connectivity index (χ2n) is 6.74. The number of allylic oxidation sites excluding steroid dienone is 1. The van der Waals surface area contributed by atoms with Crippen molar-refractivity contribution in [1.82, 2.24) is 9.80 Å². The SMILES string of the molecule is CC/C=C1\N=C(OCc2ccc(F)c(C#N)c2)C=C2N1CC1CCCN21. The van der Waals surface area contributed by atoms with Crippen molar-refractivity contribution < 1.29 is 9.13 Å². The summed E-state index contributed by atoms with van der Waals surface area (Å²) in [5.41, 5.74) is 0.779. The van der Waals surface area contributed by atoms with Crippen LogP contribution >= 0.6 is 0 Å². The highest BCUT2D eigenvalue weighted by Crippen LogP contribution is 2.36.